The molecule has 0 heterocycles. The highest BCUT2D eigenvalue weighted by molar-refractivity contribution is 5.27. The highest BCUT2D eigenvalue weighted by atomic mass is 19.2. The molecule has 0 bridgehead atoms. The van der Waals surface area contributed by atoms with E-state index in [-0.39, 0.29) is 5.56 Å². The predicted molar refractivity (Wildman–Crippen MR) is 57.5 cm³/mol. The van der Waals surface area contributed by atoms with Gasteiger partial charge in [0.2, 0.25) is 0 Å². The molecule has 0 saturated heterocycles. The van der Waals surface area contributed by atoms with E-state index in [1.54, 1.807) is 18.2 Å². The van der Waals surface area contributed by atoms with Crippen LogP contribution in [-0.2, 0) is 0 Å². The molecule has 1 nitrogen and oxygen atoms in total. The van der Waals surface area contributed by atoms with Crippen LogP contribution in [0.25, 0.3) is 0 Å². The van der Waals surface area contributed by atoms with Crippen molar-refractivity contribution in [2.24, 2.45) is 5.73 Å². The third-order valence-corrected chi connectivity index (χ3v) is 2.39. The molecule has 0 spiro atoms. The van der Waals surface area contributed by atoms with Gasteiger partial charge >= 0.3 is 0 Å². The van der Waals surface area contributed by atoms with E-state index in [1.807, 2.05) is 0 Å². The van der Waals surface area contributed by atoms with E-state index in [2.05, 4.69) is 6.58 Å². The van der Waals surface area contributed by atoms with Crippen LogP contribution < -0.4 is 5.73 Å². The number of nitrogens with two attached hydrogens (primary N) is 1. The van der Waals surface area contributed by atoms with Gasteiger partial charge in [0.05, 0.1) is 0 Å². The molecule has 3 heteroatoms. The lowest BCUT2D eigenvalue weighted by Gasteiger charge is -2.13. The summed E-state index contributed by atoms with van der Waals surface area (Å²) in [7, 11) is 0. The minimum Gasteiger partial charge on any atom is -0.324 e. The number of rotatable bonds is 4. The minimum absolute atomic E-state index is 0.236. The molecule has 0 aliphatic heterocycles. The summed E-state index contributed by atoms with van der Waals surface area (Å²) in [6, 6.07) is 2.61. The Labute approximate surface area is 88.6 Å². The lowest BCUT2D eigenvalue weighted by atomic mass is 10.0. The van der Waals surface area contributed by atoms with E-state index in [9.17, 15) is 8.78 Å². The lowest BCUT2D eigenvalue weighted by molar-refractivity contribution is 0.479. The van der Waals surface area contributed by atoms with E-state index in [1.165, 1.54) is 6.92 Å². The van der Waals surface area contributed by atoms with Crippen LogP contribution in [0.4, 0.5) is 8.78 Å². The molecule has 0 radical (unpaired) electrons. The zero-order valence-corrected chi connectivity index (χ0v) is 8.76. The Bertz CT molecular complexity index is 361. The molecule has 1 rings (SSSR count). The summed E-state index contributed by atoms with van der Waals surface area (Å²) in [5, 5.41) is 0. The summed E-state index contributed by atoms with van der Waals surface area (Å²) in [6.07, 6.45) is 2.97. The fourth-order valence-electron chi connectivity index (χ4n) is 1.40. The van der Waals surface area contributed by atoms with Gasteiger partial charge < -0.3 is 5.73 Å². The van der Waals surface area contributed by atoms with Gasteiger partial charge in [0, 0.05) is 11.6 Å². The molecule has 15 heavy (non-hydrogen) atoms. The first kappa shape index (κ1) is 11.9. The largest absolute Gasteiger partial charge is 0.324 e. The van der Waals surface area contributed by atoms with Crippen molar-refractivity contribution in [1.29, 1.82) is 0 Å². The highest BCUT2D eigenvalue weighted by Gasteiger charge is 2.15. The van der Waals surface area contributed by atoms with Crippen molar-refractivity contribution in [2.75, 3.05) is 0 Å². The second-order valence-electron chi connectivity index (χ2n) is 3.57. The van der Waals surface area contributed by atoms with Gasteiger partial charge in [-0.05, 0) is 25.3 Å². The topological polar surface area (TPSA) is 26.0 Å². The molecule has 0 aromatic heterocycles. The molecule has 1 atom stereocenters. The normalized spacial score (nSPS) is 12.5. The first-order valence-electron chi connectivity index (χ1n) is 4.89. The van der Waals surface area contributed by atoms with E-state index in [0.717, 1.165) is 0 Å². The van der Waals surface area contributed by atoms with E-state index in [4.69, 9.17) is 5.73 Å². The Morgan fingerprint density at radius 1 is 1.40 bits per heavy atom. The van der Waals surface area contributed by atoms with Crippen molar-refractivity contribution in [3.8, 4) is 0 Å². The van der Waals surface area contributed by atoms with Crippen LogP contribution in [0.3, 0.4) is 0 Å². The predicted octanol–water partition coefficient (Wildman–Crippen LogP) is 3.24. The maximum atomic E-state index is 13.5. The maximum absolute atomic E-state index is 13.5. The fraction of sp³-hybridized carbons (Fsp3) is 0.333. The second-order valence-corrected chi connectivity index (χ2v) is 3.57. The van der Waals surface area contributed by atoms with Gasteiger partial charge in [-0.25, -0.2) is 8.78 Å². The van der Waals surface area contributed by atoms with Crippen LogP contribution in [0.5, 0.6) is 0 Å². The summed E-state index contributed by atoms with van der Waals surface area (Å²) in [4.78, 5) is 0. The zero-order chi connectivity index (χ0) is 11.4. The first-order valence-corrected chi connectivity index (χ1v) is 4.89. The van der Waals surface area contributed by atoms with Crippen LogP contribution >= 0.6 is 0 Å². The lowest BCUT2D eigenvalue weighted by Crippen LogP contribution is -2.13. The summed E-state index contributed by atoms with van der Waals surface area (Å²) in [6.45, 7) is 5.08. The minimum atomic E-state index is -0.827. The molecule has 0 saturated carbocycles. The third-order valence-electron chi connectivity index (χ3n) is 2.39. The van der Waals surface area contributed by atoms with Crippen LogP contribution in [0.15, 0.2) is 24.8 Å². The molecule has 0 aliphatic rings. The van der Waals surface area contributed by atoms with Crippen LogP contribution in [-0.4, -0.2) is 0 Å². The Kier molecular flexibility index (Phi) is 3.97. The Balaban J connectivity index is 2.94. The van der Waals surface area contributed by atoms with E-state index >= 15 is 0 Å². The summed E-state index contributed by atoms with van der Waals surface area (Å²) < 4.78 is 26.7. The standard InChI is InChI=1S/C12H15F2N/c1-3-4-5-10(15)9-7-6-8(2)11(13)12(9)14/h3,6-7,10H,1,4-5,15H2,2H3/t10-/m0/s1. The average Bonchev–Trinajstić information content (AvgIpc) is 2.23. The molecular formula is C12H15F2N. The zero-order valence-electron chi connectivity index (χ0n) is 8.76. The Hall–Kier alpha value is -1.22. The quantitative estimate of drug-likeness (QED) is 0.760. The van der Waals surface area contributed by atoms with Crippen molar-refractivity contribution in [1.82, 2.24) is 0 Å². The van der Waals surface area contributed by atoms with Gasteiger partial charge in [-0.1, -0.05) is 18.2 Å². The molecule has 0 amide bonds. The first-order chi connectivity index (χ1) is 7.07. The number of halogens is 2. The smallest absolute Gasteiger partial charge is 0.163 e. The van der Waals surface area contributed by atoms with Gasteiger partial charge in [0.25, 0.3) is 0 Å². The fourth-order valence-corrected chi connectivity index (χ4v) is 1.40. The van der Waals surface area contributed by atoms with Crippen molar-refractivity contribution < 1.29 is 8.78 Å². The Morgan fingerprint density at radius 3 is 2.67 bits per heavy atom. The Morgan fingerprint density at radius 2 is 2.07 bits per heavy atom. The number of allylic oxidation sites excluding steroid dienone is 1. The number of hydrogen-bond acceptors (Lipinski definition) is 1. The monoisotopic (exact) mass is 211 g/mol. The third kappa shape index (κ3) is 2.63. The van der Waals surface area contributed by atoms with E-state index < -0.39 is 17.7 Å². The van der Waals surface area contributed by atoms with Gasteiger partial charge in [-0.3, -0.25) is 0 Å². The average molecular weight is 211 g/mol. The SMILES string of the molecule is C=CCC[C@H](N)c1ccc(C)c(F)c1F. The molecule has 1 aromatic carbocycles. The number of aryl methyl sites for hydroxylation is 1. The van der Waals surface area contributed by atoms with Crippen molar-refractivity contribution in [3.63, 3.8) is 0 Å². The second kappa shape index (κ2) is 5.03. The van der Waals surface area contributed by atoms with Gasteiger partial charge in [-0.15, -0.1) is 6.58 Å². The molecule has 82 valence electrons. The molecule has 0 unspecified atom stereocenters. The molecule has 0 fully saturated rings. The van der Waals surface area contributed by atoms with Gasteiger partial charge in [0.1, 0.15) is 0 Å². The van der Waals surface area contributed by atoms with Crippen molar-refractivity contribution >= 4 is 0 Å². The van der Waals surface area contributed by atoms with Crippen LogP contribution in [0.2, 0.25) is 0 Å². The van der Waals surface area contributed by atoms with Crippen molar-refractivity contribution in [2.45, 2.75) is 25.8 Å². The summed E-state index contributed by atoms with van der Waals surface area (Å²) in [5.74, 6) is -1.63. The van der Waals surface area contributed by atoms with Crippen LogP contribution in [0, 0.1) is 18.6 Å². The van der Waals surface area contributed by atoms with E-state index in [0.29, 0.717) is 18.4 Å². The van der Waals surface area contributed by atoms with Gasteiger partial charge in [0.15, 0.2) is 11.6 Å². The van der Waals surface area contributed by atoms with Crippen LogP contribution in [0.1, 0.15) is 30.0 Å². The number of benzene rings is 1. The molecule has 2 N–H and O–H groups in total. The van der Waals surface area contributed by atoms with Gasteiger partial charge in [-0.2, -0.15) is 0 Å². The maximum Gasteiger partial charge on any atom is 0.163 e. The number of hydrogen-bond donors (Lipinski definition) is 1. The molecular weight excluding hydrogens is 196 g/mol. The van der Waals surface area contributed by atoms with Crippen molar-refractivity contribution in [3.05, 3.63) is 47.5 Å². The molecule has 1 aromatic rings. The highest BCUT2D eigenvalue weighted by Crippen LogP contribution is 2.23. The summed E-state index contributed by atoms with van der Waals surface area (Å²) in [5.41, 5.74) is 6.28. The summed E-state index contributed by atoms with van der Waals surface area (Å²) >= 11 is 0. The molecule has 0 aliphatic carbocycles.